The summed E-state index contributed by atoms with van der Waals surface area (Å²) in [6.07, 6.45) is 9.44. The van der Waals surface area contributed by atoms with Crippen LogP contribution in [0, 0.1) is 0 Å². The molecule has 1 amide bonds. The highest BCUT2D eigenvalue weighted by molar-refractivity contribution is 5.88. The Morgan fingerprint density at radius 3 is 2.95 bits per heavy atom. The van der Waals surface area contributed by atoms with Crippen molar-refractivity contribution < 1.29 is 14.3 Å². The summed E-state index contributed by atoms with van der Waals surface area (Å²) in [7, 11) is 0. The van der Waals surface area contributed by atoms with Crippen molar-refractivity contribution in [1.29, 1.82) is 0 Å². The Bertz CT molecular complexity index is 592. The summed E-state index contributed by atoms with van der Waals surface area (Å²) in [5, 5.41) is 0. The second-order valence-electron chi connectivity index (χ2n) is 5.35. The predicted octanol–water partition coefficient (Wildman–Crippen LogP) is 3.00. The van der Waals surface area contributed by atoms with E-state index in [1.165, 1.54) is 0 Å². The van der Waals surface area contributed by atoms with Crippen molar-refractivity contribution in [2.24, 2.45) is 0 Å². The molecular weight excluding hydrogens is 266 g/mol. The lowest BCUT2D eigenvalue weighted by molar-refractivity contribution is -0.126. The van der Waals surface area contributed by atoms with E-state index in [1.54, 1.807) is 12.2 Å². The van der Waals surface area contributed by atoms with Gasteiger partial charge in [-0.1, -0.05) is 24.3 Å². The van der Waals surface area contributed by atoms with Gasteiger partial charge in [0.05, 0.1) is 0 Å². The lowest BCUT2D eigenvalue weighted by Crippen LogP contribution is -2.32. The lowest BCUT2D eigenvalue weighted by atomic mass is 10.2. The summed E-state index contributed by atoms with van der Waals surface area (Å²) < 4.78 is 10.6. The number of nitrogens with zero attached hydrogens (tertiary/aromatic N) is 1. The predicted molar refractivity (Wildman–Crippen MR) is 81.1 cm³/mol. The molecule has 0 saturated carbocycles. The molecule has 110 valence electrons. The van der Waals surface area contributed by atoms with E-state index in [1.807, 2.05) is 35.3 Å². The van der Waals surface area contributed by atoms with Gasteiger partial charge in [0.25, 0.3) is 0 Å². The molecule has 4 nitrogen and oxygen atoms in total. The highest BCUT2D eigenvalue weighted by atomic mass is 16.7. The van der Waals surface area contributed by atoms with Crippen LogP contribution in [0.15, 0.2) is 36.4 Å². The summed E-state index contributed by atoms with van der Waals surface area (Å²) in [5.74, 6) is 1.64. The zero-order chi connectivity index (χ0) is 14.7. The molecule has 1 saturated heterocycles. The molecule has 0 spiro atoms. The van der Waals surface area contributed by atoms with E-state index in [2.05, 4.69) is 6.92 Å². The van der Waals surface area contributed by atoms with Gasteiger partial charge in [-0.05, 0) is 37.5 Å². The van der Waals surface area contributed by atoms with Gasteiger partial charge in [-0.3, -0.25) is 4.79 Å². The molecule has 1 aromatic carbocycles. The molecule has 2 aliphatic rings. The summed E-state index contributed by atoms with van der Waals surface area (Å²) in [6, 6.07) is 6.14. The van der Waals surface area contributed by atoms with Gasteiger partial charge in [-0.25, -0.2) is 0 Å². The summed E-state index contributed by atoms with van der Waals surface area (Å²) in [4.78, 5) is 13.9. The molecule has 0 radical (unpaired) electrons. The van der Waals surface area contributed by atoms with Gasteiger partial charge >= 0.3 is 0 Å². The maximum atomic E-state index is 12.0. The molecule has 4 heteroatoms. The Labute approximate surface area is 124 Å². The van der Waals surface area contributed by atoms with Crippen molar-refractivity contribution >= 4 is 12.0 Å². The number of benzene rings is 1. The van der Waals surface area contributed by atoms with Gasteiger partial charge < -0.3 is 14.4 Å². The number of carbonyl (C=O) groups excluding carboxylic acids is 1. The zero-order valence-electron chi connectivity index (χ0n) is 12.1. The number of hydrogen-bond donors (Lipinski definition) is 0. The second-order valence-corrected chi connectivity index (χ2v) is 5.35. The van der Waals surface area contributed by atoms with E-state index < -0.39 is 0 Å². The summed E-state index contributed by atoms with van der Waals surface area (Å²) >= 11 is 0. The number of fused-ring (bicyclic) bond motifs is 1. The number of rotatable bonds is 3. The molecule has 0 aromatic heterocycles. The van der Waals surface area contributed by atoms with Crippen LogP contribution in [0.1, 0.15) is 25.3 Å². The smallest absolute Gasteiger partial charge is 0.246 e. The Balaban J connectivity index is 1.59. The Hall–Kier alpha value is -2.23. The van der Waals surface area contributed by atoms with Crippen molar-refractivity contribution in [3.05, 3.63) is 42.0 Å². The fourth-order valence-electron chi connectivity index (χ4n) is 2.68. The monoisotopic (exact) mass is 285 g/mol. The minimum atomic E-state index is 0.0929. The van der Waals surface area contributed by atoms with Crippen LogP contribution in [-0.2, 0) is 4.79 Å². The van der Waals surface area contributed by atoms with E-state index in [4.69, 9.17) is 9.47 Å². The van der Waals surface area contributed by atoms with E-state index in [-0.39, 0.29) is 12.7 Å². The standard InChI is InChI=1S/C17H19NO3/c1-13-5-4-10-18(13)17(19)7-3-2-6-14-8-9-15-16(11-14)21-12-20-15/h2-3,6-9,11,13H,4-5,10,12H2,1H3/b6-2+,7-3+. The molecule has 0 bridgehead atoms. The van der Waals surface area contributed by atoms with Crippen LogP contribution in [0.2, 0.25) is 0 Å². The summed E-state index contributed by atoms with van der Waals surface area (Å²) in [5.41, 5.74) is 1.02. The molecule has 0 N–H and O–H groups in total. The number of ether oxygens (including phenoxy) is 2. The van der Waals surface area contributed by atoms with Gasteiger partial charge in [0.1, 0.15) is 0 Å². The molecule has 21 heavy (non-hydrogen) atoms. The van der Waals surface area contributed by atoms with Gasteiger partial charge in [0.2, 0.25) is 12.7 Å². The van der Waals surface area contributed by atoms with Gasteiger partial charge in [-0.15, -0.1) is 0 Å². The number of hydrogen-bond acceptors (Lipinski definition) is 3. The number of carbonyl (C=O) groups is 1. The molecule has 2 aliphatic heterocycles. The summed E-state index contributed by atoms with van der Waals surface area (Å²) in [6.45, 7) is 3.25. The maximum Gasteiger partial charge on any atom is 0.246 e. The van der Waals surface area contributed by atoms with E-state index in [9.17, 15) is 4.79 Å². The highest BCUT2D eigenvalue weighted by Gasteiger charge is 2.22. The fourth-order valence-corrected chi connectivity index (χ4v) is 2.68. The van der Waals surface area contributed by atoms with Crippen LogP contribution in [0.3, 0.4) is 0 Å². The number of likely N-dealkylation sites (tertiary alicyclic amines) is 1. The van der Waals surface area contributed by atoms with E-state index in [0.717, 1.165) is 36.4 Å². The third-order valence-electron chi connectivity index (χ3n) is 3.87. The maximum absolute atomic E-state index is 12.0. The minimum Gasteiger partial charge on any atom is -0.454 e. The average molecular weight is 285 g/mol. The first kappa shape index (κ1) is 13.7. The van der Waals surface area contributed by atoms with Gasteiger partial charge in [-0.2, -0.15) is 0 Å². The van der Waals surface area contributed by atoms with Crippen molar-refractivity contribution in [2.75, 3.05) is 13.3 Å². The molecule has 2 heterocycles. The molecule has 0 aliphatic carbocycles. The molecule has 1 unspecified atom stereocenters. The number of amides is 1. The molecule has 3 rings (SSSR count). The van der Waals surface area contributed by atoms with Crippen LogP contribution in [-0.4, -0.2) is 30.2 Å². The van der Waals surface area contributed by atoms with Crippen LogP contribution >= 0.6 is 0 Å². The highest BCUT2D eigenvalue weighted by Crippen LogP contribution is 2.32. The van der Waals surface area contributed by atoms with Crippen LogP contribution < -0.4 is 9.47 Å². The molecule has 1 fully saturated rings. The quantitative estimate of drug-likeness (QED) is 0.633. The first-order chi connectivity index (χ1) is 10.2. The first-order valence-electron chi connectivity index (χ1n) is 7.29. The van der Waals surface area contributed by atoms with Crippen molar-refractivity contribution in [3.63, 3.8) is 0 Å². The van der Waals surface area contributed by atoms with Crippen molar-refractivity contribution in [1.82, 2.24) is 4.90 Å². The number of allylic oxidation sites excluding steroid dienone is 2. The van der Waals surface area contributed by atoms with E-state index >= 15 is 0 Å². The largest absolute Gasteiger partial charge is 0.454 e. The van der Waals surface area contributed by atoms with E-state index in [0.29, 0.717) is 6.04 Å². The Morgan fingerprint density at radius 1 is 1.29 bits per heavy atom. The topological polar surface area (TPSA) is 38.8 Å². The molecular formula is C17H19NO3. The van der Waals surface area contributed by atoms with Crippen LogP contribution in [0.4, 0.5) is 0 Å². The van der Waals surface area contributed by atoms with Crippen LogP contribution in [0.5, 0.6) is 11.5 Å². The minimum absolute atomic E-state index is 0.0929. The normalized spacial score (nSPS) is 20.8. The fraction of sp³-hybridized carbons (Fsp3) is 0.353. The lowest BCUT2D eigenvalue weighted by Gasteiger charge is -2.19. The third kappa shape index (κ3) is 3.10. The van der Waals surface area contributed by atoms with Crippen LogP contribution in [0.25, 0.3) is 6.08 Å². The second kappa shape index (κ2) is 6.04. The average Bonchev–Trinajstić information content (AvgIpc) is 3.11. The zero-order valence-corrected chi connectivity index (χ0v) is 12.1. The molecule has 1 atom stereocenters. The van der Waals surface area contributed by atoms with Gasteiger partial charge in [0.15, 0.2) is 11.5 Å². The first-order valence-corrected chi connectivity index (χ1v) is 7.29. The van der Waals surface area contributed by atoms with Crippen molar-refractivity contribution in [3.8, 4) is 11.5 Å². The SMILES string of the molecule is CC1CCCN1C(=O)/C=C/C=C/c1ccc2c(c1)OCO2. The Kier molecular flexibility index (Phi) is 3.95. The third-order valence-corrected chi connectivity index (χ3v) is 3.87. The van der Waals surface area contributed by atoms with Crippen molar-refractivity contribution in [2.45, 2.75) is 25.8 Å². The molecule has 1 aromatic rings. The Morgan fingerprint density at radius 2 is 2.14 bits per heavy atom. The van der Waals surface area contributed by atoms with Gasteiger partial charge in [0, 0.05) is 18.7 Å².